The lowest BCUT2D eigenvalue weighted by Gasteiger charge is -2.20. The van der Waals surface area contributed by atoms with Crippen molar-refractivity contribution in [1.82, 2.24) is 15.0 Å². The Kier molecular flexibility index (Phi) is 6.16. The molecule has 112 valence electrons. The number of hydrogen-bond acceptors (Lipinski definition) is 6. The van der Waals surface area contributed by atoms with E-state index >= 15 is 0 Å². The smallest absolute Gasteiger partial charge is 0.229 e. The van der Waals surface area contributed by atoms with Crippen molar-refractivity contribution >= 4 is 35.3 Å². The maximum atomic E-state index is 5.96. The fourth-order valence-corrected chi connectivity index (χ4v) is 3.76. The van der Waals surface area contributed by atoms with Crippen LogP contribution in [-0.4, -0.2) is 38.5 Å². The molecule has 1 aliphatic rings. The highest BCUT2D eigenvalue weighted by atomic mass is 35.5. The minimum Gasteiger partial charge on any atom is -0.354 e. The number of aromatic nitrogens is 3. The van der Waals surface area contributed by atoms with Crippen LogP contribution >= 0.6 is 23.4 Å². The summed E-state index contributed by atoms with van der Waals surface area (Å²) in [7, 11) is 0. The fraction of sp³-hybridized carbons (Fsp3) is 0.769. The Bertz CT molecular complexity index is 431. The molecule has 0 spiro atoms. The molecular formula is C13H22ClN5S. The zero-order valence-electron chi connectivity index (χ0n) is 12.0. The van der Waals surface area contributed by atoms with Crippen LogP contribution < -0.4 is 10.6 Å². The van der Waals surface area contributed by atoms with Gasteiger partial charge in [0.1, 0.15) is 0 Å². The van der Waals surface area contributed by atoms with Crippen molar-refractivity contribution in [3.8, 4) is 0 Å². The molecule has 7 heteroatoms. The summed E-state index contributed by atoms with van der Waals surface area (Å²) < 4.78 is 0. The number of hydrogen-bond donors (Lipinski definition) is 2. The lowest BCUT2D eigenvalue weighted by atomic mass is 10.2. The molecule has 2 rings (SSSR count). The molecule has 5 nitrogen and oxygen atoms in total. The molecule has 1 aromatic heterocycles. The SMILES string of the molecule is CCCNc1nc(Cl)nc(NC2CCCC2SCC)n1. The average molecular weight is 316 g/mol. The van der Waals surface area contributed by atoms with Crippen LogP contribution in [0.15, 0.2) is 0 Å². The summed E-state index contributed by atoms with van der Waals surface area (Å²) in [4.78, 5) is 12.7. The normalized spacial score (nSPS) is 21.9. The van der Waals surface area contributed by atoms with Crippen LogP contribution in [0.3, 0.4) is 0 Å². The van der Waals surface area contributed by atoms with Gasteiger partial charge in [-0.15, -0.1) is 0 Å². The van der Waals surface area contributed by atoms with Crippen molar-refractivity contribution in [1.29, 1.82) is 0 Å². The first-order valence-corrected chi connectivity index (χ1v) is 8.69. The molecule has 20 heavy (non-hydrogen) atoms. The van der Waals surface area contributed by atoms with E-state index in [-0.39, 0.29) is 5.28 Å². The largest absolute Gasteiger partial charge is 0.354 e. The Hall–Kier alpha value is -0.750. The quantitative estimate of drug-likeness (QED) is 0.803. The highest BCUT2D eigenvalue weighted by molar-refractivity contribution is 7.99. The minimum absolute atomic E-state index is 0.235. The number of halogens is 1. The third-order valence-corrected chi connectivity index (χ3v) is 4.78. The third kappa shape index (κ3) is 4.38. The van der Waals surface area contributed by atoms with Crippen molar-refractivity contribution in [2.24, 2.45) is 0 Å². The van der Waals surface area contributed by atoms with Gasteiger partial charge in [0.05, 0.1) is 0 Å². The zero-order valence-corrected chi connectivity index (χ0v) is 13.6. The van der Waals surface area contributed by atoms with E-state index in [1.54, 1.807) is 0 Å². The molecule has 0 saturated heterocycles. The topological polar surface area (TPSA) is 62.7 Å². The van der Waals surface area contributed by atoms with Crippen molar-refractivity contribution in [2.75, 3.05) is 22.9 Å². The van der Waals surface area contributed by atoms with Crippen LogP contribution in [0.25, 0.3) is 0 Å². The van der Waals surface area contributed by atoms with Gasteiger partial charge in [-0.2, -0.15) is 26.7 Å². The molecule has 0 aromatic carbocycles. The van der Waals surface area contributed by atoms with Crippen molar-refractivity contribution in [3.63, 3.8) is 0 Å². The first kappa shape index (κ1) is 15.6. The standard InChI is InChI=1S/C13H22ClN5S/c1-3-8-15-12-17-11(14)18-13(19-12)16-9-6-5-7-10(9)20-4-2/h9-10H,3-8H2,1-2H3,(H2,15,16,17,18,19). The van der Waals surface area contributed by atoms with Crippen LogP contribution in [-0.2, 0) is 0 Å². The summed E-state index contributed by atoms with van der Waals surface area (Å²) in [5.41, 5.74) is 0. The summed E-state index contributed by atoms with van der Waals surface area (Å²) in [5, 5.41) is 7.45. The molecule has 0 aliphatic heterocycles. The van der Waals surface area contributed by atoms with Gasteiger partial charge in [0, 0.05) is 17.8 Å². The zero-order chi connectivity index (χ0) is 14.4. The number of thioether (sulfide) groups is 1. The molecule has 2 unspecified atom stereocenters. The summed E-state index contributed by atoms with van der Waals surface area (Å²) in [5.74, 6) is 2.27. The second kappa shape index (κ2) is 7.88. The number of nitrogens with one attached hydrogen (secondary N) is 2. The second-order valence-electron chi connectivity index (χ2n) is 4.85. The molecule has 0 bridgehead atoms. The maximum Gasteiger partial charge on any atom is 0.229 e. The first-order valence-electron chi connectivity index (χ1n) is 7.26. The molecule has 0 amide bonds. The van der Waals surface area contributed by atoms with Crippen molar-refractivity contribution < 1.29 is 0 Å². The molecule has 1 heterocycles. The minimum atomic E-state index is 0.235. The van der Waals surface area contributed by atoms with Gasteiger partial charge in [-0.25, -0.2) is 0 Å². The van der Waals surface area contributed by atoms with Crippen LogP contribution in [0.2, 0.25) is 5.28 Å². The second-order valence-corrected chi connectivity index (χ2v) is 6.71. The summed E-state index contributed by atoms with van der Waals surface area (Å²) in [6.45, 7) is 5.13. The van der Waals surface area contributed by atoms with E-state index in [9.17, 15) is 0 Å². The number of rotatable bonds is 7. The summed E-state index contributed by atoms with van der Waals surface area (Å²) in [6, 6.07) is 0.428. The van der Waals surface area contributed by atoms with Crippen LogP contribution in [0.1, 0.15) is 39.5 Å². The number of nitrogens with zero attached hydrogens (tertiary/aromatic N) is 3. The molecule has 1 aliphatic carbocycles. The first-order chi connectivity index (χ1) is 9.72. The van der Waals surface area contributed by atoms with Crippen LogP contribution in [0.5, 0.6) is 0 Å². The van der Waals surface area contributed by atoms with Gasteiger partial charge in [0.15, 0.2) is 0 Å². The fourth-order valence-electron chi connectivity index (χ4n) is 2.40. The Morgan fingerprint density at radius 1 is 1.20 bits per heavy atom. The van der Waals surface area contributed by atoms with Gasteiger partial charge in [0.2, 0.25) is 17.2 Å². The van der Waals surface area contributed by atoms with E-state index in [4.69, 9.17) is 11.6 Å². The highest BCUT2D eigenvalue weighted by Crippen LogP contribution is 2.31. The number of anilines is 2. The third-order valence-electron chi connectivity index (χ3n) is 3.29. The van der Waals surface area contributed by atoms with Gasteiger partial charge in [-0.1, -0.05) is 20.3 Å². The van der Waals surface area contributed by atoms with Gasteiger partial charge in [0.25, 0.3) is 0 Å². The summed E-state index contributed by atoms with van der Waals surface area (Å²) >= 11 is 7.97. The Balaban J connectivity index is 2.02. The average Bonchev–Trinajstić information content (AvgIpc) is 2.84. The van der Waals surface area contributed by atoms with Crippen LogP contribution in [0, 0.1) is 0 Å². The van der Waals surface area contributed by atoms with Crippen molar-refractivity contribution in [3.05, 3.63) is 5.28 Å². The monoisotopic (exact) mass is 315 g/mol. The molecule has 1 aromatic rings. The van der Waals surface area contributed by atoms with Gasteiger partial charge >= 0.3 is 0 Å². The van der Waals surface area contributed by atoms with Gasteiger partial charge in [-0.3, -0.25) is 0 Å². The Labute approximate surface area is 129 Å². The lowest BCUT2D eigenvalue weighted by molar-refractivity contribution is 0.753. The van der Waals surface area contributed by atoms with E-state index in [0.29, 0.717) is 23.2 Å². The van der Waals surface area contributed by atoms with E-state index in [1.807, 2.05) is 11.8 Å². The molecule has 2 N–H and O–H groups in total. The molecule has 1 fully saturated rings. The lowest BCUT2D eigenvalue weighted by Crippen LogP contribution is -2.27. The van der Waals surface area contributed by atoms with E-state index in [2.05, 4.69) is 39.4 Å². The Morgan fingerprint density at radius 3 is 2.75 bits per heavy atom. The predicted octanol–water partition coefficient (Wildman–Crippen LogP) is 3.43. The predicted molar refractivity (Wildman–Crippen MR) is 86.8 cm³/mol. The molecular weight excluding hydrogens is 294 g/mol. The Morgan fingerprint density at radius 2 is 2.00 bits per heavy atom. The van der Waals surface area contributed by atoms with E-state index < -0.39 is 0 Å². The molecule has 2 atom stereocenters. The van der Waals surface area contributed by atoms with Gasteiger partial charge < -0.3 is 10.6 Å². The highest BCUT2D eigenvalue weighted by Gasteiger charge is 2.27. The summed E-state index contributed by atoms with van der Waals surface area (Å²) in [6.07, 6.45) is 4.70. The molecule has 1 saturated carbocycles. The van der Waals surface area contributed by atoms with Crippen molar-refractivity contribution in [2.45, 2.75) is 50.8 Å². The maximum absolute atomic E-state index is 5.96. The van der Waals surface area contributed by atoms with E-state index in [0.717, 1.165) is 18.7 Å². The molecule has 0 radical (unpaired) electrons. The van der Waals surface area contributed by atoms with Gasteiger partial charge in [-0.05, 0) is 36.6 Å². The van der Waals surface area contributed by atoms with Crippen LogP contribution in [0.4, 0.5) is 11.9 Å². The van der Waals surface area contributed by atoms with E-state index in [1.165, 1.54) is 19.3 Å².